The van der Waals surface area contributed by atoms with E-state index in [4.69, 9.17) is 5.73 Å². The second-order valence-electron chi connectivity index (χ2n) is 3.40. The van der Waals surface area contributed by atoms with Gasteiger partial charge in [-0.2, -0.15) is 0 Å². The van der Waals surface area contributed by atoms with E-state index in [-0.39, 0.29) is 0 Å². The molecule has 12 heavy (non-hydrogen) atoms. The SMILES string of the molecule is C=C1CCCC(C)/C1=C/C=C\N. The zero-order valence-corrected chi connectivity index (χ0v) is 7.72. The van der Waals surface area contributed by atoms with Crippen LogP contribution in [0.2, 0.25) is 0 Å². The average Bonchev–Trinajstić information content (AvgIpc) is 2.04. The summed E-state index contributed by atoms with van der Waals surface area (Å²) < 4.78 is 0. The highest BCUT2D eigenvalue weighted by Gasteiger charge is 2.16. The summed E-state index contributed by atoms with van der Waals surface area (Å²) >= 11 is 0. The first kappa shape index (κ1) is 9.11. The lowest BCUT2D eigenvalue weighted by Gasteiger charge is -2.23. The maximum atomic E-state index is 5.28. The van der Waals surface area contributed by atoms with Gasteiger partial charge in [-0.1, -0.05) is 25.2 Å². The van der Waals surface area contributed by atoms with Crippen LogP contribution in [0.15, 0.2) is 36.1 Å². The van der Waals surface area contributed by atoms with Gasteiger partial charge in [0.15, 0.2) is 0 Å². The molecule has 0 saturated heterocycles. The summed E-state index contributed by atoms with van der Waals surface area (Å²) in [6, 6.07) is 0. The Morgan fingerprint density at radius 2 is 2.33 bits per heavy atom. The predicted octanol–water partition coefficient (Wildman–Crippen LogP) is 2.76. The Bertz CT molecular complexity index is 223. The van der Waals surface area contributed by atoms with Gasteiger partial charge in [-0.25, -0.2) is 0 Å². The van der Waals surface area contributed by atoms with E-state index in [2.05, 4.69) is 19.6 Å². The highest BCUT2D eigenvalue weighted by molar-refractivity contribution is 5.34. The fourth-order valence-electron chi connectivity index (χ4n) is 1.71. The van der Waals surface area contributed by atoms with E-state index in [1.165, 1.54) is 24.0 Å². The van der Waals surface area contributed by atoms with Crippen LogP contribution in [0.3, 0.4) is 0 Å². The van der Waals surface area contributed by atoms with E-state index >= 15 is 0 Å². The summed E-state index contributed by atoms with van der Waals surface area (Å²) in [5.74, 6) is 0.655. The minimum atomic E-state index is 0.655. The van der Waals surface area contributed by atoms with E-state index in [1.54, 1.807) is 6.20 Å². The summed E-state index contributed by atoms with van der Waals surface area (Å²) in [4.78, 5) is 0. The van der Waals surface area contributed by atoms with Gasteiger partial charge in [0.05, 0.1) is 0 Å². The molecule has 0 aromatic heterocycles. The molecule has 0 heterocycles. The lowest BCUT2D eigenvalue weighted by Crippen LogP contribution is -2.08. The van der Waals surface area contributed by atoms with Crippen molar-refractivity contribution in [3.05, 3.63) is 36.1 Å². The fourth-order valence-corrected chi connectivity index (χ4v) is 1.71. The maximum absolute atomic E-state index is 5.28. The summed E-state index contributed by atoms with van der Waals surface area (Å²) in [6.45, 7) is 6.31. The lowest BCUT2D eigenvalue weighted by molar-refractivity contribution is 0.540. The molecule has 1 saturated carbocycles. The van der Waals surface area contributed by atoms with Gasteiger partial charge in [0.25, 0.3) is 0 Å². The molecule has 0 aromatic carbocycles. The standard InChI is InChI=1S/C11H17N/c1-9-5-3-6-10(2)11(9)7-4-8-12/h4,7-8,10H,1,3,5-6,12H2,2H3/b8-4-,11-7+. The summed E-state index contributed by atoms with van der Waals surface area (Å²) in [5, 5.41) is 0. The Kier molecular flexibility index (Phi) is 3.15. The van der Waals surface area contributed by atoms with Gasteiger partial charge < -0.3 is 5.73 Å². The number of allylic oxidation sites excluding steroid dienone is 4. The number of nitrogens with two attached hydrogens (primary N) is 1. The molecule has 0 aromatic rings. The second kappa shape index (κ2) is 4.15. The first-order valence-corrected chi connectivity index (χ1v) is 4.52. The van der Waals surface area contributed by atoms with Crippen molar-refractivity contribution in [2.75, 3.05) is 0 Å². The molecule has 1 aliphatic carbocycles. The first-order valence-electron chi connectivity index (χ1n) is 4.52. The molecule has 1 fully saturated rings. The fraction of sp³-hybridized carbons (Fsp3) is 0.455. The predicted molar refractivity (Wildman–Crippen MR) is 53.6 cm³/mol. The zero-order chi connectivity index (χ0) is 8.97. The minimum Gasteiger partial charge on any atom is -0.405 e. The van der Waals surface area contributed by atoms with E-state index < -0.39 is 0 Å². The van der Waals surface area contributed by atoms with Crippen LogP contribution in [0.25, 0.3) is 0 Å². The smallest absolute Gasteiger partial charge is 0.00623 e. The first-order chi connectivity index (χ1) is 5.75. The Hall–Kier alpha value is -0.980. The number of hydrogen-bond acceptors (Lipinski definition) is 1. The Labute approximate surface area is 74.7 Å². The molecule has 0 aliphatic heterocycles. The molecule has 1 aliphatic rings. The average molecular weight is 163 g/mol. The maximum Gasteiger partial charge on any atom is -0.00623 e. The molecule has 1 heteroatoms. The summed E-state index contributed by atoms with van der Waals surface area (Å²) in [7, 11) is 0. The van der Waals surface area contributed by atoms with E-state index in [0.717, 1.165) is 6.42 Å². The lowest BCUT2D eigenvalue weighted by atomic mass is 9.82. The molecular formula is C11H17N. The van der Waals surface area contributed by atoms with Crippen molar-refractivity contribution in [3.63, 3.8) is 0 Å². The van der Waals surface area contributed by atoms with Crippen LogP contribution in [0.5, 0.6) is 0 Å². The molecule has 0 bridgehead atoms. The van der Waals surface area contributed by atoms with Crippen molar-refractivity contribution >= 4 is 0 Å². The highest BCUT2D eigenvalue weighted by Crippen LogP contribution is 2.32. The molecule has 1 rings (SSSR count). The highest BCUT2D eigenvalue weighted by atomic mass is 14.5. The van der Waals surface area contributed by atoms with E-state index in [1.807, 2.05) is 6.08 Å². The molecule has 0 radical (unpaired) electrons. The molecule has 0 amide bonds. The number of hydrogen-bond donors (Lipinski definition) is 1. The molecule has 0 spiro atoms. The van der Waals surface area contributed by atoms with Gasteiger partial charge in [0.1, 0.15) is 0 Å². The van der Waals surface area contributed by atoms with Gasteiger partial charge in [0.2, 0.25) is 0 Å². The summed E-state index contributed by atoms with van der Waals surface area (Å²) in [6.07, 6.45) is 9.26. The van der Waals surface area contributed by atoms with Crippen LogP contribution < -0.4 is 5.73 Å². The third-order valence-corrected chi connectivity index (χ3v) is 2.44. The number of rotatable bonds is 1. The van der Waals surface area contributed by atoms with Gasteiger partial charge in [-0.05, 0) is 43.0 Å². The normalized spacial score (nSPS) is 28.6. The molecule has 1 unspecified atom stereocenters. The minimum absolute atomic E-state index is 0.655. The van der Waals surface area contributed by atoms with E-state index in [9.17, 15) is 0 Å². The topological polar surface area (TPSA) is 26.0 Å². The van der Waals surface area contributed by atoms with Crippen molar-refractivity contribution < 1.29 is 0 Å². The molecule has 1 nitrogen and oxygen atoms in total. The van der Waals surface area contributed by atoms with Crippen LogP contribution in [-0.4, -0.2) is 0 Å². The molecule has 66 valence electrons. The van der Waals surface area contributed by atoms with Crippen molar-refractivity contribution in [3.8, 4) is 0 Å². The van der Waals surface area contributed by atoms with Crippen molar-refractivity contribution in [2.24, 2.45) is 11.7 Å². The Morgan fingerprint density at radius 1 is 1.58 bits per heavy atom. The Morgan fingerprint density at radius 3 is 2.92 bits per heavy atom. The molecule has 1 atom stereocenters. The van der Waals surface area contributed by atoms with Crippen LogP contribution in [0.1, 0.15) is 26.2 Å². The van der Waals surface area contributed by atoms with Crippen LogP contribution in [0, 0.1) is 5.92 Å². The third kappa shape index (κ3) is 2.00. The molecular weight excluding hydrogens is 146 g/mol. The van der Waals surface area contributed by atoms with Gasteiger partial charge >= 0.3 is 0 Å². The Balaban J connectivity index is 2.75. The van der Waals surface area contributed by atoms with Crippen LogP contribution >= 0.6 is 0 Å². The van der Waals surface area contributed by atoms with E-state index in [0.29, 0.717) is 5.92 Å². The van der Waals surface area contributed by atoms with Crippen molar-refractivity contribution in [2.45, 2.75) is 26.2 Å². The zero-order valence-electron chi connectivity index (χ0n) is 7.72. The third-order valence-electron chi connectivity index (χ3n) is 2.44. The van der Waals surface area contributed by atoms with Gasteiger partial charge in [-0.15, -0.1) is 0 Å². The monoisotopic (exact) mass is 163 g/mol. The molecule has 2 N–H and O–H groups in total. The summed E-state index contributed by atoms with van der Waals surface area (Å²) in [5.41, 5.74) is 7.94. The van der Waals surface area contributed by atoms with Crippen molar-refractivity contribution in [1.29, 1.82) is 0 Å². The quantitative estimate of drug-likeness (QED) is 0.632. The van der Waals surface area contributed by atoms with Crippen LogP contribution in [0.4, 0.5) is 0 Å². The van der Waals surface area contributed by atoms with Gasteiger partial charge in [0, 0.05) is 0 Å². The van der Waals surface area contributed by atoms with Gasteiger partial charge in [-0.3, -0.25) is 0 Å². The largest absolute Gasteiger partial charge is 0.405 e. The van der Waals surface area contributed by atoms with Crippen molar-refractivity contribution in [1.82, 2.24) is 0 Å². The second-order valence-corrected chi connectivity index (χ2v) is 3.40. The van der Waals surface area contributed by atoms with Crippen LogP contribution in [-0.2, 0) is 0 Å².